The van der Waals surface area contributed by atoms with Crippen LogP contribution in [0.3, 0.4) is 0 Å². The minimum Gasteiger partial charge on any atom is -0.330 e. The van der Waals surface area contributed by atoms with Gasteiger partial charge in [0.15, 0.2) is 5.82 Å². The molecule has 0 bridgehead atoms. The van der Waals surface area contributed by atoms with E-state index < -0.39 is 0 Å². The van der Waals surface area contributed by atoms with E-state index in [-0.39, 0.29) is 0 Å². The van der Waals surface area contributed by atoms with Crippen LogP contribution >= 0.6 is 0 Å². The molecule has 0 radical (unpaired) electrons. The van der Waals surface area contributed by atoms with Crippen molar-refractivity contribution >= 4 is 0 Å². The predicted molar refractivity (Wildman–Crippen MR) is 51.4 cm³/mol. The van der Waals surface area contributed by atoms with Gasteiger partial charge in [0.25, 0.3) is 0 Å². The van der Waals surface area contributed by atoms with Crippen LogP contribution < -0.4 is 5.73 Å². The average molecular weight is 180 g/mol. The van der Waals surface area contributed by atoms with Gasteiger partial charge in [0, 0.05) is 12.3 Å². The highest BCUT2D eigenvalue weighted by Gasteiger charge is 2.07. The van der Waals surface area contributed by atoms with E-state index in [9.17, 15) is 0 Å². The molecule has 0 saturated carbocycles. The molecule has 13 heavy (non-hydrogen) atoms. The van der Waals surface area contributed by atoms with E-state index in [0.29, 0.717) is 12.5 Å². The minimum atomic E-state index is 0.324. The Morgan fingerprint density at radius 2 is 2.00 bits per heavy atom. The lowest BCUT2D eigenvalue weighted by Gasteiger charge is -2.06. The van der Waals surface area contributed by atoms with Gasteiger partial charge in [-0.25, -0.2) is 4.98 Å². The van der Waals surface area contributed by atoms with Crippen molar-refractivity contribution < 1.29 is 0 Å². The molecule has 0 unspecified atom stereocenters. The van der Waals surface area contributed by atoms with E-state index in [1.807, 2.05) is 6.92 Å². The van der Waals surface area contributed by atoms with Gasteiger partial charge in [-0.1, -0.05) is 13.8 Å². The summed E-state index contributed by atoms with van der Waals surface area (Å²) >= 11 is 0. The van der Waals surface area contributed by atoms with Gasteiger partial charge in [-0.15, -0.1) is 5.10 Å². The second kappa shape index (κ2) is 4.28. The molecule has 0 spiro atoms. The predicted octanol–water partition coefficient (Wildman–Crippen LogP) is 0.805. The van der Waals surface area contributed by atoms with Crippen LogP contribution in [0.25, 0.3) is 0 Å². The first-order valence-electron chi connectivity index (χ1n) is 4.55. The molecule has 72 valence electrons. The van der Waals surface area contributed by atoms with E-state index in [4.69, 9.17) is 5.73 Å². The van der Waals surface area contributed by atoms with Gasteiger partial charge in [-0.2, -0.15) is 5.10 Å². The lowest BCUT2D eigenvalue weighted by molar-refractivity contribution is 0.701. The van der Waals surface area contributed by atoms with Crippen LogP contribution in [0, 0.1) is 6.92 Å². The van der Waals surface area contributed by atoms with Gasteiger partial charge in [0.2, 0.25) is 0 Å². The molecule has 0 aliphatic rings. The summed E-state index contributed by atoms with van der Waals surface area (Å²) in [6.07, 6.45) is 0.779. The highest BCUT2D eigenvalue weighted by Crippen LogP contribution is 2.09. The van der Waals surface area contributed by atoms with Crippen molar-refractivity contribution in [3.63, 3.8) is 0 Å². The lowest BCUT2D eigenvalue weighted by atomic mass is 10.2. The maximum Gasteiger partial charge on any atom is 0.153 e. The first kappa shape index (κ1) is 10.1. The van der Waals surface area contributed by atoms with Crippen molar-refractivity contribution in [1.29, 1.82) is 0 Å². The molecule has 0 aromatic carbocycles. The van der Waals surface area contributed by atoms with Crippen LogP contribution in [0.1, 0.15) is 37.0 Å². The summed E-state index contributed by atoms with van der Waals surface area (Å²) in [5.74, 6) is 1.12. The van der Waals surface area contributed by atoms with Crippen LogP contribution in [-0.4, -0.2) is 21.7 Å². The molecule has 1 aromatic rings. The first-order chi connectivity index (χ1) is 6.15. The topological polar surface area (TPSA) is 64.7 Å². The molecule has 0 saturated heterocycles. The summed E-state index contributed by atoms with van der Waals surface area (Å²) in [4.78, 5) is 4.41. The Labute approximate surface area is 78.6 Å². The number of hydrogen-bond donors (Lipinski definition) is 1. The largest absolute Gasteiger partial charge is 0.330 e. The quantitative estimate of drug-likeness (QED) is 0.747. The van der Waals surface area contributed by atoms with Crippen molar-refractivity contribution in [3.8, 4) is 0 Å². The van der Waals surface area contributed by atoms with Gasteiger partial charge in [-0.3, -0.25) is 0 Å². The Balaban J connectivity index is 2.97. The van der Waals surface area contributed by atoms with Crippen molar-refractivity contribution in [3.05, 3.63) is 17.2 Å². The number of aromatic nitrogens is 3. The Kier molecular flexibility index (Phi) is 3.31. The molecule has 2 N–H and O–H groups in total. The van der Waals surface area contributed by atoms with Gasteiger partial charge in [-0.05, 0) is 13.5 Å². The number of nitrogens with zero attached hydrogens (tertiary/aromatic N) is 3. The third-order valence-electron chi connectivity index (χ3n) is 1.87. The highest BCUT2D eigenvalue weighted by molar-refractivity contribution is 5.09. The number of rotatable bonds is 3. The fourth-order valence-electron chi connectivity index (χ4n) is 1.04. The summed E-state index contributed by atoms with van der Waals surface area (Å²) in [5.41, 5.74) is 7.32. The third-order valence-corrected chi connectivity index (χ3v) is 1.87. The Bertz CT molecular complexity index is 283. The standard InChI is InChI=1S/C9H16N4/c1-6(2)9-11-8(4-5-10)7(3)12-13-9/h6H,4-5,10H2,1-3H3. The van der Waals surface area contributed by atoms with Crippen LogP contribution in [0.5, 0.6) is 0 Å². The van der Waals surface area contributed by atoms with Crippen LogP contribution in [0.2, 0.25) is 0 Å². The second-order valence-electron chi connectivity index (χ2n) is 3.40. The Morgan fingerprint density at radius 1 is 1.31 bits per heavy atom. The van der Waals surface area contributed by atoms with E-state index in [1.165, 1.54) is 0 Å². The van der Waals surface area contributed by atoms with E-state index >= 15 is 0 Å². The molecule has 1 heterocycles. The molecular formula is C9H16N4. The molecule has 0 fully saturated rings. The second-order valence-corrected chi connectivity index (χ2v) is 3.40. The summed E-state index contributed by atoms with van der Waals surface area (Å²) in [5, 5.41) is 8.07. The SMILES string of the molecule is Cc1nnc(C(C)C)nc1CCN. The van der Waals surface area contributed by atoms with Gasteiger partial charge in [0.1, 0.15) is 0 Å². The lowest BCUT2D eigenvalue weighted by Crippen LogP contribution is -2.11. The van der Waals surface area contributed by atoms with Gasteiger partial charge in [0.05, 0.1) is 11.4 Å². The van der Waals surface area contributed by atoms with Crippen molar-refractivity contribution in [1.82, 2.24) is 15.2 Å². The molecule has 4 nitrogen and oxygen atoms in total. The molecule has 4 heteroatoms. The van der Waals surface area contributed by atoms with Crippen molar-refractivity contribution in [2.45, 2.75) is 33.1 Å². The van der Waals surface area contributed by atoms with Crippen LogP contribution in [-0.2, 0) is 6.42 Å². The van der Waals surface area contributed by atoms with E-state index in [0.717, 1.165) is 23.6 Å². The third kappa shape index (κ3) is 2.45. The summed E-state index contributed by atoms with van der Waals surface area (Å²) < 4.78 is 0. The number of hydrogen-bond acceptors (Lipinski definition) is 4. The van der Waals surface area contributed by atoms with E-state index in [2.05, 4.69) is 29.0 Å². The monoisotopic (exact) mass is 180 g/mol. The maximum absolute atomic E-state index is 5.47. The van der Waals surface area contributed by atoms with Crippen LogP contribution in [0.4, 0.5) is 0 Å². The van der Waals surface area contributed by atoms with Gasteiger partial charge < -0.3 is 5.73 Å². The van der Waals surface area contributed by atoms with E-state index in [1.54, 1.807) is 0 Å². The first-order valence-corrected chi connectivity index (χ1v) is 4.55. The average Bonchev–Trinajstić information content (AvgIpc) is 2.08. The zero-order chi connectivity index (χ0) is 9.84. The fraction of sp³-hybridized carbons (Fsp3) is 0.667. The maximum atomic E-state index is 5.47. The zero-order valence-corrected chi connectivity index (χ0v) is 8.41. The Hall–Kier alpha value is -1.03. The summed E-state index contributed by atoms with van der Waals surface area (Å²) in [7, 11) is 0. The molecule has 0 amide bonds. The molecular weight excluding hydrogens is 164 g/mol. The van der Waals surface area contributed by atoms with Gasteiger partial charge >= 0.3 is 0 Å². The summed E-state index contributed by atoms with van der Waals surface area (Å²) in [6, 6.07) is 0. The molecule has 0 aliphatic heterocycles. The Morgan fingerprint density at radius 3 is 2.54 bits per heavy atom. The minimum absolute atomic E-state index is 0.324. The molecule has 0 aliphatic carbocycles. The molecule has 1 aromatic heterocycles. The number of nitrogens with two attached hydrogens (primary N) is 1. The highest BCUT2D eigenvalue weighted by atomic mass is 15.2. The van der Waals surface area contributed by atoms with Crippen molar-refractivity contribution in [2.24, 2.45) is 5.73 Å². The number of aryl methyl sites for hydroxylation is 1. The fourth-order valence-corrected chi connectivity index (χ4v) is 1.04. The summed E-state index contributed by atoms with van der Waals surface area (Å²) in [6.45, 7) is 6.63. The molecule has 1 rings (SSSR count). The normalized spacial score (nSPS) is 10.8. The van der Waals surface area contributed by atoms with Crippen LogP contribution in [0.15, 0.2) is 0 Å². The molecule has 0 atom stereocenters. The van der Waals surface area contributed by atoms with Crippen molar-refractivity contribution in [2.75, 3.05) is 6.54 Å². The zero-order valence-electron chi connectivity index (χ0n) is 8.41. The smallest absolute Gasteiger partial charge is 0.153 e.